The Morgan fingerprint density at radius 1 is 1.37 bits per heavy atom. The molecule has 0 radical (unpaired) electrons. The van der Waals surface area contributed by atoms with Crippen LogP contribution in [0, 0.1) is 11.7 Å². The average Bonchev–Trinajstić information content (AvgIpc) is 3.07. The van der Waals surface area contributed by atoms with E-state index < -0.39 is 21.4 Å². The average molecular weight is 350 g/mol. The zero-order valence-corrected chi connectivity index (χ0v) is 12.4. The van der Waals surface area contributed by atoms with Crippen LogP contribution in [0.25, 0.3) is 0 Å². The molecule has 0 atom stereocenters. The van der Waals surface area contributed by atoms with Crippen LogP contribution in [0.4, 0.5) is 4.39 Å². The number of hydrogen-bond acceptors (Lipinski definition) is 3. The van der Waals surface area contributed by atoms with Gasteiger partial charge in [0.2, 0.25) is 10.0 Å². The minimum atomic E-state index is -3.67. The Labute approximate surface area is 119 Å². The molecule has 1 N–H and O–H groups in total. The number of aliphatic hydroxyl groups is 1. The highest BCUT2D eigenvalue weighted by Gasteiger charge is 2.55. The molecule has 0 unspecified atom stereocenters. The summed E-state index contributed by atoms with van der Waals surface area (Å²) in [6.07, 6.45) is 1.93. The Balaban J connectivity index is 1.84. The molecular weight excluding hydrogens is 337 g/mol. The summed E-state index contributed by atoms with van der Waals surface area (Å²) in [5.74, 6) is -0.264. The van der Waals surface area contributed by atoms with E-state index in [9.17, 15) is 17.9 Å². The molecule has 4 nitrogen and oxygen atoms in total. The lowest BCUT2D eigenvalue weighted by molar-refractivity contribution is -0.0765. The van der Waals surface area contributed by atoms with E-state index in [1.807, 2.05) is 0 Å². The maximum Gasteiger partial charge on any atom is 0.244 e. The van der Waals surface area contributed by atoms with Crippen molar-refractivity contribution in [2.45, 2.75) is 23.3 Å². The molecule has 1 heterocycles. The van der Waals surface area contributed by atoms with Gasteiger partial charge >= 0.3 is 0 Å². The summed E-state index contributed by atoms with van der Waals surface area (Å²) in [6, 6.07) is 3.48. The second-order valence-corrected chi connectivity index (χ2v) is 7.99. The standard InChI is InChI=1S/C12H13BrFNO3S/c13-10-5-9(14)3-4-11(10)19(17,18)15-6-12(16,7-15)8-1-2-8/h3-5,8,16H,1-2,6-7H2. The second kappa shape index (κ2) is 4.25. The van der Waals surface area contributed by atoms with Gasteiger partial charge in [-0.3, -0.25) is 0 Å². The Hall–Kier alpha value is -0.500. The monoisotopic (exact) mass is 349 g/mol. The molecule has 2 fully saturated rings. The highest BCUT2D eigenvalue weighted by atomic mass is 79.9. The molecule has 1 aromatic rings. The van der Waals surface area contributed by atoms with E-state index in [1.165, 1.54) is 10.4 Å². The molecule has 0 bridgehead atoms. The number of sulfonamides is 1. The quantitative estimate of drug-likeness (QED) is 0.904. The summed E-state index contributed by atoms with van der Waals surface area (Å²) >= 11 is 3.07. The number of halogens is 2. The maximum absolute atomic E-state index is 13.0. The molecule has 0 amide bonds. The van der Waals surface area contributed by atoms with Gasteiger partial charge in [0, 0.05) is 17.6 Å². The molecule has 1 saturated carbocycles. The van der Waals surface area contributed by atoms with E-state index in [0.717, 1.165) is 25.0 Å². The van der Waals surface area contributed by atoms with Crippen LogP contribution in [0.5, 0.6) is 0 Å². The predicted octanol–water partition coefficient (Wildman–Crippen LogP) is 1.73. The summed E-state index contributed by atoms with van der Waals surface area (Å²) in [7, 11) is -3.67. The van der Waals surface area contributed by atoms with E-state index >= 15 is 0 Å². The number of rotatable bonds is 3. The van der Waals surface area contributed by atoms with Crippen LogP contribution in [0.15, 0.2) is 27.6 Å². The molecule has 3 rings (SSSR count). The van der Waals surface area contributed by atoms with Crippen molar-refractivity contribution in [2.75, 3.05) is 13.1 Å². The second-order valence-electron chi connectivity index (χ2n) is 5.23. The molecule has 7 heteroatoms. The molecule has 0 spiro atoms. The van der Waals surface area contributed by atoms with Crippen molar-refractivity contribution >= 4 is 26.0 Å². The first-order valence-corrected chi connectivity index (χ1v) is 8.24. The van der Waals surface area contributed by atoms with E-state index in [1.54, 1.807) is 0 Å². The van der Waals surface area contributed by atoms with Crippen molar-refractivity contribution in [1.29, 1.82) is 0 Å². The Morgan fingerprint density at radius 2 is 2.00 bits per heavy atom. The van der Waals surface area contributed by atoms with Crippen LogP contribution in [0.2, 0.25) is 0 Å². The first-order chi connectivity index (χ1) is 8.83. The highest BCUT2D eigenvalue weighted by Crippen LogP contribution is 2.46. The Kier molecular flexibility index (Phi) is 3.01. The minimum absolute atomic E-state index is 0.0340. The van der Waals surface area contributed by atoms with Gasteiger partial charge in [0.05, 0.1) is 10.5 Å². The zero-order valence-electron chi connectivity index (χ0n) is 10.0. The normalized spacial score (nSPS) is 23.1. The number of benzene rings is 1. The molecule has 1 aliphatic heterocycles. The molecule has 2 aliphatic rings. The Morgan fingerprint density at radius 3 is 2.53 bits per heavy atom. The molecule has 1 aromatic carbocycles. The smallest absolute Gasteiger partial charge is 0.244 e. The van der Waals surface area contributed by atoms with Crippen LogP contribution < -0.4 is 0 Å². The molecular formula is C12H13BrFNO3S. The molecule has 104 valence electrons. The lowest BCUT2D eigenvalue weighted by Gasteiger charge is -2.45. The van der Waals surface area contributed by atoms with Crippen LogP contribution in [0.3, 0.4) is 0 Å². The summed E-state index contributed by atoms with van der Waals surface area (Å²) in [6.45, 7) is 0.258. The van der Waals surface area contributed by atoms with Crippen LogP contribution >= 0.6 is 15.9 Å². The third-order valence-corrected chi connectivity index (χ3v) is 6.52. The van der Waals surface area contributed by atoms with E-state index in [4.69, 9.17) is 0 Å². The Bertz CT molecular complexity index is 624. The topological polar surface area (TPSA) is 57.6 Å². The van der Waals surface area contributed by atoms with Gasteiger partial charge in [-0.25, -0.2) is 12.8 Å². The summed E-state index contributed by atoms with van der Waals surface area (Å²) < 4.78 is 39.1. The van der Waals surface area contributed by atoms with Crippen molar-refractivity contribution in [3.05, 3.63) is 28.5 Å². The van der Waals surface area contributed by atoms with E-state index in [2.05, 4.69) is 15.9 Å². The highest BCUT2D eigenvalue weighted by molar-refractivity contribution is 9.10. The van der Waals surface area contributed by atoms with Gasteiger partial charge in [0.25, 0.3) is 0 Å². The van der Waals surface area contributed by atoms with E-state index in [-0.39, 0.29) is 28.4 Å². The molecule has 1 aliphatic carbocycles. The fourth-order valence-corrected chi connectivity index (χ4v) is 5.01. The lowest BCUT2D eigenvalue weighted by Crippen LogP contribution is -2.64. The van der Waals surface area contributed by atoms with Gasteiger partial charge < -0.3 is 5.11 Å². The third-order valence-electron chi connectivity index (χ3n) is 3.75. The van der Waals surface area contributed by atoms with Crippen molar-refractivity contribution in [3.63, 3.8) is 0 Å². The first kappa shape index (κ1) is 13.5. The molecule has 1 saturated heterocycles. The van der Waals surface area contributed by atoms with Crippen LogP contribution in [-0.4, -0.2) is 36.5 Å². The van der Waals surface area contributed by atoms with Crippen LogP contribution in [0.1, 0.15) is 12.8 Å². The number of β-amino-alcohol motifs (C(OH)–C–C–N with tert-alkyl or cyclic N) is 1. The number of nitrogens with zero attached hydrogens (tertiary/aromatic N) is 1. The minimum Gasteiger partial charge on any atom is -0.387 e. The van der Waals surface area contributed by atoms with E-state index in [0.29, 0.717) is 0 Å². The third kappa shape index (κ3) is 2.22. The predicted molar refractivity (Wildman–Crippen MR) is 70.5 cm³/mol. The largest absolute Gasteiger partial charge is 0.387 e. The van der Waals surface area contributed by atoms with Crippen molar-refractivity contribution in [1.82, 2.24) is 4.31 Å². The van der Waals surface area contributed by atoms with Crippen LogP contribution in [-0.2, 0) is 10.0 Å². The van der Waals surface area contributed by atoms with Gasteiger partial charge in [0.15, 0.2) is 0 Å². The van der Waals surface area contributed by atoms with Gasteiger partial charge in [0.1, 0.15) is 5.82 Å². The fraction of sp³-hybridized carbons (Fsp3) is 0.500. The fourth-order valence-electron chi connectivity index (χ4n) is 2.44. The first-order valence-electron chi connectivity index (χ1n) is 6.00. The molecule has 0 aromatic heterocycles. The van der Waals surface area contributed by atoms with Gasteiger partial charge in [-0.1, -0.05) is 0 Å². The summed E-state index contributed by atoms with van der Waals surface area (Å²) in [5, 5.41) is 10.2. The van der Waals surface area contributed by atoms with Crippen molar-refractivity contribution in [3.8, 4) is 0 Å². The molecule has 19 heavy (non-hydrogen) atoms. The van der Waals surface area contributed by atoms with Gasteiger partial charge in [-0.15, -0.1) is 0 Å². The van der Waals surface area contributed by atoms with Gasteiger partial charge in [-0.05, 0) is 52.9 Å². The SMILES string of the molecule is O=S(=O)(c1ccc(F)cc1Br)N1CC(O)(C2CC2)C1. The summed E-state index contributed by atoms with van der Waals surface area (Å²) in [4.78, 5) is 0.0340. The lowest BCUT2D eigenvalue weighted by atomic mass is 9.91. The summed E-state index contributed by atoms with van der Waals surface area (Å²) in [5.41, 5.74) is -0.862. The zero-order chi connectivity index (χ0) is 13.8. The van der Waals surface area contributed by atoms with Gasteiger partial charge in [-0.2, -0.15) is 4.31 Å². The maximum atomic E-state index is 13.0. The van der Waals surface area contributed by atoms with Crippen molar-refractivity contribution in [2.24, 2.45) is 5.92 Å². The van der Waals surface area contributed by atoms with Crippen molar-refractivity contribution < 1.29 is 17.9 Å². The number of hydrogen-bond donors (Lipinski definition) is 1.